The van der Waals surface area contributed by atoms with E-state index in [1.807, 2.05) is 6.07 Å². The van der Waals surface area contributed by atoms with Crippen molar-refractivity contribution < 1.29 is 4.74 Å². The summed E-state index contributed by atoms with van der Waals surface area (Å²) in [7, 11) is 2.07. The van der Waals surface area contributed by atoms with E-state index in [0.29, 0.717) is 6.10 Å². The van der Waals surface area contributed by atoms with Crippen molar-refractivity contribution in [3.63, 3.8) is 0 Å². The second-order valence-electron chi connectivity index (χ2n) is 4.22. The summed E-state index contributed by atoms with van der Waals surface area (Å²) < 4.78 is 6.80. The predicted octanol–water partition coefficient (Wildman–Crippen LogP) is 2.49. The average Bonchev–Trinajstić information content (AvgIpc) is 2.70. The number of benzene rings is 1. The first-order valence-corrected chi connectivity index (χ1v) is 6.62. The van der Waals surface area contributed by atoms with Crippen molar-refractivity contribution in [2.45, 2.75) is 18.9 Å². The molecule has 2 N–H and O–H groups in total. The first-order valence-electron chi connectivity index (χ1n) is 5.54. The van der Waals surface area contributed by atoms with Crippen LogP contribution in [0.3, 0.4) is 0 Å². The van der Waals surface area contributed by atoms with Crippen molar-refractivity contribution >= 4 is 34.0 Å². The summed E-state index contributed by atoms with van der Waals surface area (Å²) in [5.41, 5.74) is 7.94. The molecule has 0 aromatic heterocycles. The number of nitrogen functional groups attached to an aromatic ring is 1. The Labute approximate surface area is 110 Å². The smallest absolute Gasteiger partial charge is 0.0750 e. The van der Waals surface area contributed by atoms with Crippen LogP contribution in [0.25, 0.3) is 0 Å². The van der Waals surface area contributed by atoms with Crippen LogP contribution in [0.5, 0.6) is 0 Å². The molecule has 1 aromatic rings. The Morgan fingerprint density at radius 2 is 2.38 bits per heavy atom. The van der Waals surface area contributed by atoms with Crippen molar-refractivity contribution in [1.82, 2.24) is 0 Å². The number of likely N-dealkylation sites (N-methyl/N-ethyl adjacent to an activating group) is 1. The molecule has 0 bridgehead atoms. The van der Waals surface area contributed by atoms with Gasteiger partial charge in [0.2, 0.25) is 0 Å². The van der Waals surface area contributed by atoms with Crippen LogP contribution in [0, 0.1) is 3.57 Å². The summed E-state index contributed by atoms with van der Waals surface area (Å²) in [5, 5.41) is 0. The third-order valence-electron chi connectivity index (χ3n) is 2.90. The average molecular weight is 332 g/mol. The number of halogens is 1. The van der Waals surface area contributed by atoms with Gasteiger partial charge in [0.15, 0.2) is 0 Å². The number of rotatable bonds is 3. The van der Waals surface area contributed by atoms with Gasteiger partial charge >= 0.3 is 0 Å². The molecule has 3 nitrogen and oxygen atoms in total. The van der Waals surface area contributed by atoms with Gasteiger partial charge in [-0.1, -0.05) is 0 Å². The van der Waals surface area contributed by atoms with E-state index in [1.165, 1.54) is 9.99 Å². The zero-order valence-corrected chi connectivity index (χ0v) is 11.6. The van der Waals surface area contributed by atoms with Crippen LogP contribution in [0.4, 0.5) is 11.4 Å². The van der Waals surface area contributed by atoms with Crippen LogP contribution >= 0.6 is 22.6 Å². The Bertz CT molecular complexity index is 364. The summed E-state index contributed by atoms with van der Waals surface area (Å²) in [4.78, 5) is 2.18. The lowest BCUT2D eigenvalue weighted by Crippen LogP contribution is -2.29. The van der Waals surface area contributed by atoms with Gasteiger partial charge in [0.05, 0.1) is 17.5 Å². The molecule has 1 atom stereocenters. The summed E-state index contributed by atoms with van der Waals surface area (Å²) >= 11 is 2.27. The highest BCUT2D eigenvalue weighted by atomic mass is 127. The molecule has 2 rings (SSSR count). The molecule has 0 amide bonds. The number of nitrogens with zero attached hydrogens (tertiary/aromatic N) is 1. The first kappa shape index (κ1) is 12.0. The first-order chi connectivity index (χ1) is 7.66. The molecule has 0 saturated carbocycles. The minimum absolute atomic E-state index is 0.365. The zero-order chi connectivity index (χ0) is 11.5. The van der Waals surface area contributed by atoms with Crippen molar-refractivity contribution in [2.75, 3.05) is 30.8 Å². The molecule has 0 aliphatic carbocycles. The van der Waals surface area contributed by atoms with Crippen molar-refractivity contribution in [3.8, 4) is 0 Å². The Morgan fingerprint density at radius 3 is 3.00 bits per heavy atom. The van der Waals surface area contributed by atoms with Gasteiger partial charge in [-0.05, 0) is 53.6 Å². The van der Waals surface area contributed by atoms with Crippen LogP contribution in [-0.2, 0) is 4.74 Å². The number of nitrogens with two attached hydrogens (primary N) is 1. The third-order valence-corrected chi connectivity index (χ3v) is 3.57. The maximum absolute atomic E-state index is 6.01. The highest BCUT2D eigenvalue weighted by Gasteiger charge is 2.18. The highest BCUT2D eigenvalue weighted by molar-refractivity contribution is 14.1. The van der Waals surface area contributed by atoms with E-state index in [0.717, 1.165) is 30.9 Å². The van der Waals surface area contributed by atoms with Gasteiger partial charge in [0.25, 0.3) is 0 Å². The molecule has 0 radical (unpaired) electrons. The van der Waals surface area contributed by atoms with Gasteiger partial charge in [-0.15, -0.1) is 0 Å². The molecule has 4 heteroatoms. The zero-order valence-electron chi connectivity index (χ0n) is 9.45. The van der Waals surface area contributed by atoms with E-state index in [1.54, 1.807) is 0 Å². The van der Waals surface area contributed by atoms with E-state index in [9.17, 15) is 0 Å². The lowest BCUT2D eigenvalue weighted by Gasteiger charge is -2.24. The van der Waals surface area contributed by atoms with Crippen LogP contribution in [0.2, 0.25) is 0 Å². The molecular formula is C12H17IN2O. The largest absolute Gasteiger partial charge is 0.397 e. The van der Waals surface area contributed by atoms with Gasteiger partial charge in [-0.2, -0.15) is 0 Å². The number of hydrogen-bond acceptors (Lipinski definition) is 3. The van der Waals surface area contributed by atoms with Gasteiger partial charge in [0.1, 0.15) is 0 Å². The van der Waals surface area contributed by atoms with Crippen LogP contribution in [-0.4, -0.2) is 26.3 Å². The van der Waals surface area contributed by atoms with Gasteiger partial charge < -0.3 is 15.4 Å². The van der Waals surface area contributed by atoms with Gasteiger partial charge in [-0.3, -0.25) is 0 Å². The van der Waals surface area contributed by atoms with E-state index in [2.05, 4.69) is 46.7 Å². The molecule has 1 aromatic carbocycles. The van der Waals surface area contributed by atoms with Crippen LogP contribution in [0.1, 0.15) is 12.8 Å². The fraction of sp³-hybridized carbons (Fsp3) is 0.500. The quantitative estimate of drug-likeness (QED) is 0.683. The summed E-state index contributed by atoms with van der Waals surface area (Å²) in [5.74, 6) is 0. The van der Waals surface area contributed by atoms with Gasteiger partial charge in [0, 0.05) is 23.8 Å². The van der Waals surface area contributed by atoms with E-state index < -0.39 is 0 Å². The molecule has 1 fully saturated rings. The molecule has 1 aliphatic heterocycles. The lowest BCUT2D eigenvalue weighted by atomic mass is 10.2. The molecule has 88 valence electrons. The molecule has 1 aliphatic rings. The summed E-state index contributed by atoms with van der Waals surface area (Å²) in [6.45, 7) is 1.82. The molecule has 16 heavy (non-hydrogen) atoms. The minimum atomic E-state index is 0.365. The summed E-state index contributed by atoms with van der Waals surface area (Å²) in [6.07, 6.45) is 2.71. The maximum Gasteiger partial charge on any atom is 0.0750 e. The fourth-order valence-corrected chi connectivity index (χ4v) is 2.58. The SMILES string of the molecule is CN(CC1CCCO1)c1ccc(I)cc1N. The number of ether oxygens (including phenoxy) is 1. The fourth-order valence-electron chi connectivity index (χ4n) is 2.07. The third kappa shape index (κ3) is 2.79. The monoisotopic (exact) mass is 332 g/mol. The molecule has 0 spiro atoms. The molecule has 1 heterocycles. The second-order valence-corrected chi connectivity index (χ2v) is 5.46. The van der Waals surface area contributed by atoms with Crippen molar-refractivity contribution in [2.24, 2.45) is 0 Å². The lowest BCUT2D eigenvalue weighted by molar-refractivity contribution is 0.116. The molecule has 1 unspecified atom stereocenters. The molecule has 1 saturated heterocycles. The molecular weight excluding hydrogens is 315 g/mol. The normalized spacial score (nSPS) is 20.0. The van der Waals surface area contributed by atoms with Crippen molar-refractivity contribution in [3.05, 3.63) is 21.8 Å². The minimum Gasteiger partial charge on any atom is -0.397 e. The topological polar surface area (TPSA) is 38.5 Å². The summed E-state index contributed by atoms with van der Waals surface area (Å²) in [6, 6.07) is 6.16. The Kier molecular flexibility index (Phi) is 3.91. The Hall–Kier alpha value is -0.490. The van der Waals surface area contributed by atoms with Gasteiger partial charge in [-0.25, -0.2) is 0 Å². The highest BCUT2D eigenvalue weighted by Crippen LogP contribution is 2.25. The second kappa shape index (κ2) is 5.23. The standard InChI is InChI=1S/C12H17IN2O/c1-15(8-10-3-2-6-16-10)12-5-4-9(13)7-11(12)14/h4-5,7,10H,2-3,6,8,14H2,1H3. The van der Waals surface area contributed by atoms with Crippen LogP contribution < -0.4 is 10.6 Å². The van der Waals surface area contributed by atoms with E-state index in [4.69, 9.17) is 10.5 Å². The maximum atomic E-state index is 6.01. The van der Waals surface area contributed by atoms with E-state index in [-0.39, 0.29) is 0 Å². The van der Waals surface area contributed by atoms with Crippen molar-refractivity contribution in [1.29, 1.82) is 0 Å². The Morgan fingerprint density at radius 1 is 1.56 bits per heavy atom. The van der Waals surface area contributed by atoms with Crippen LogP contribution in [0.15, 0.2) is 18.2 Å². The Balaban J connectivity index is 2.04. The number of hydrogen-bond donors (Lipinski definition) is 1. The predicted molar refractivity (Wildman–Crippen MR) is 75.8 cm³/mol. The van der Waals surface area contributed by atoms with E-state index >= 15 is 0 Å². The number of anilines is 2.